The highest BCUT2D eigenvalue weighted by molar-refractivity contribution is 5.72. The maximum absolute atomic E-state index is 5.85. The fourth-order valence-electron chi connectivity index (χ4n) is 3.42. The highest BCUT2D eigenvalue weighted by Gasteiger charge is 2.27. The number of benzene rings is 1. The molecule has 0 saturated carbocycles. The van der Waals surface area contributed by atoms with E-state index in [0.29, 0.717) is 6.04 Å². The Hall–Kier alpha value is -2.18. The van der Waals surface area contributed by atoms with Crippen LogP contribution in [-0.2, 0) is 19.5 Å². The van der Waals surface area contributed by atoms with E-state index in [0.717, 1.165) is 67.7 Å². The van der Waals surface area contributed by atoms with Crippen LogP contribution in [0.4, 0.5) is 0 Å². The predicted molar refractivity (Wildman–Crippen MR) is 95.0 cm³/mol. The first kappa shape index (κ1) is 16.3. The lowest BCUT2D eigenvalue weighted by atomic mass is 10.2. The van der Waals surface area contributed by atoms with Crippen LogP contribution >= 0.6 is 0 Å². The fraction of sp³-hybridized carbons (Fsp3) is 0.474. The Balaban J connectivity index is 1.34. The third-order valence-electron chi connectivity index (χ3n) is 4.90. The molecule has 3 aromatic rings. The van der Waals surface area contributed by atoms with Crippen molar-refractivity contribution in [3.8, 4) is 0 Å². The second-order valence-electron chi connectivity index (χ2n) is 6.74. The van der Waals surface area contributed by atoms with Gasteiger partial charge in [-0.3, -0.25) is 9.80 Å². The topological polar surface area (TPSA) is 58.5 Å². The largest absolute Gasteiger partial charge is 0.444 e. The molecule has 1 aromatic carbocycles. The number of aromatic nitrogens is 2. The Morgan fingerprint density at radius 3 is 2.92 bits per heavy atom. The van der Waals surface area contributed by atoms with Gasteiger partial charge in [-0.05, 0) is 25.6 Å². The summed E-state index contributed by atoms with van der Waals surface area (Å²) in [6.07, 6.45) is 3.86. The zero-order chi connectivity index (χ0) is 17.2. The van der Waals surface area contributed by atoms with Gasteiger partial charge in [0.2, 0.25) is 11.8 Å². The van der Waals surface area contributed by atoms with Crippen molar-refractivity contribution in [2.24, 2.45) is 0 Å². The summed E-state index contributed by atoms with van der Waals surface area (Å²) >= 11 is 0. The number of fused-ring (bicyclic) bond motifs is 1. The van der Waals surface area contributed by atoms with E-state index in [-0.39, 0.29) is 0 Å². The number of oxazole rings is 2. The van der Waals surface area contributed by atoms with Crippen LogP contribution in [0.25, 0.3) is 11.1 Å². The molecule has 25 heavy (non-hydrogen) atoms. The van der Waals surface area contributed by atoms with Crippen LogP contribution in [0.2, 0.25) is 0 Å². The number of hydrogen-bond acceptors (Lipinski definition) is 6. The first-order valence-corrected chi connectivity index (χ1v) is 8.92. The minimum Gasteiger partial charge on any atom is -0.444 e. The third kappa shape index (κ3) is 3.60. The van der Waals surface area contributed by atoms with E-state index < -0.39 is 0 Å². The summed E-state index contributed by atoms with van der Waals surface area (Å²) < 4.78 is 11.6. The summed E-state index contributed by atoms with van der Waals surface area (Å²) in [7, 11) is 2.14. The van der Waals surface area contributed by atoms with Crippen molar-refractivity contribution < 1.29 is 8.83 Å². The molecule has 0 amide bonds. The molecular weight excluding hydrogens is 316 g/mol. The second-order valence-corrected chi connectivity index (χ2v) is 6.74. The van der Waals surface area contributed by atoms with Gasteiger partial charge in [-0.25, -0.2) is 9.97 Å². The minimum absolute atomic E-state index is 0.501. The van der Waals surface area contributed by atoms with E-state index in [1.165, 1.54) is 0 Å². The van der Waals surface area contributed by atoms with E-state index in [9.17, 15) is 0 Å². The Kier molecular flexibility index (Phi) is 4.55. The van der Waals surface area contributed by atoms with Crippen molar-refractivity contribution in [2.45, 2.75) is 38.9 Å². The van der Waals surface area contributed by atoms with Crippen LogP contribution in [0.5, 0.6) is 0 Å². The fourth-order valence-corrected chi connectivity index (χ4v) is 3.42. The average Bonchev–Trinajstić information content (AvgIpc) is 3.33. The number of para-hydroxylation sites is 2. The summed E-state index contributed by atoms with van der Waals surface area (Å²) in [5.74, 6) is 2.55. The molecule has 1 saturated heterocycles. The van der Waals surface area contributed by atoms with Crippen LogP contribution in [-0.4, -0.2) is 45.9 Å². The average molecular weight is 340 g/mol. The lowest BCUT2D eigenvalue weighted by Crippen LogP contribution is -2.34. The van der Waals surface area contributed by atoms with E-state index in [1.807, 2.05) is 30.5 Å². The lowest BCUT2D eigenvalue weighted by Gasteiger charge is -2.23. The minimum atomic E-state index is 0.501. The molecule has 0 N–H and O–H groups in total. The molecule has 1 fully saturated rings. The molecule has 4 rings (SSSR count). The van der Waals surface area contributed by atoms with Gasteiger partial charge in [0, 0.05) is 25.6 Å². The van der Waals surface area contributed by atoms with Crippen LogP contribution in [0.15, 0.2) is 39.3 Å². The maximum atomic E-state index is 5.85. The van der Waals surface area contributed by atoms with E-state index >= 15 is 0 Å². The molecule has 1 unspecified atom stereocenters. The first-order chi connectivity index (χ1) is 12.2. The van der Waals surface area contributed by atoms with Gasteiger partial charge in [0.1, 0.15) is 11.3 Å². The highest BCUT2D eigenvalue weighted by atomic mass is 16.4. The van der Waals surface area contributed by atoms with Gasteiger partial charge in [-0.1, -0.05) is 19.1 Å². The normalized spacial score (nSPS) is 18.6. The summed E-state index contributed by atoms with van der Waals surface area (Å²) in [4.78, 5) is 13.7. The summed E-state index contributed by atoms with van der Waals surface area (Å²) in [6.45, 7) is 5.66. The summed E-state index contributed by atoms with van der Waals surface area (Å²) in [6, 6.07) is 8.42. The Labute approximate surface area is 147 Å². The lowest BCUT2D eigenvalue weighted by molar-refractivity contribution is 0.200. The number of rotatable bonds is 6. The molecule has 0 aliphatic carbocycles. The molecule has 0 spiro atoms. The maximum Gasteiger partial charge on any atom is 0.209 e. The van der Waals surface area contributed by atoms with Crippen molar-refractivity contribution in [1.29, 1.82) is 0 Å². The van der Waals surface area contributed by atoms with Crippen molar-refractivity contribution in [1.82, 2.24) is 19.8 Å². The Bertz CT molecular complexity index is 808. The standard InChI is InChI=1S/C19H24N4O2/c1-3-15-10-20-18(24-15)12-22(2)14-8-9-23(11-14)13-19-21-16-6-4-5-7-17(16)25-19/h4-7,10,14H,3,8-9,11-13H2,1-2H3. The Morgan fingerprint density at radius 2 is 2.12 bits per heavy atom. The van der Waals surface area contributed by atoms with Crippen molar-refractivity contribution in [3.63, 3.8) is 0 Å². The molecule has 0 radical (unpaired) electrons. The SMILES string of the molecule is CCc1cnc(CN(C)C2CCN(Cc3nc4ccccc4o3)C2)o1. The molecule has 1 aliphatic heterocycles. The second kappa shape index (κ2) is 6.98. The van der Waals surface area contributed by atoms with Gasteiger partial charge in [0.25, 0.3) is 0 Å². The zero-order valence-corrected chi connectivity index (χ0v) is 14.8. The van der Waals surface area contributed by atoms with Gasteiger partial charge in [0.05, 0.1) is 19.3 Å². The number of hydrogen-bond donors (Lipinski definition) is 0. The molecule has 6 nitrogen and oxygen atoms in total. The summed E-state index contributed by atoms with van der Waals surface area (Å²) in [5, 5.41) is 0. The molecular formula is C19H24N4O2. The molecule has 0 bridgehead atoms. The number of likely N-dealkylation sites (tertiary alicyclic amines) is 1. The van der Waals surface area contributed by atoms with Crippen LogP contribution < -0.4 is 0 Å². The van der Waals surface area contributed by atoms with E-state index in [4.69, 9.17) is 8.83 Å². The summed E-state index contributed by atoms with van der Waals surface area (Å²) in [5.41, 5.74) is 1.79. The molecule has 6 heteroatoms. The van der Waals surface area contributed by atoms with E-state index in [1.54, 1.807) is 0 Å². The van der Waals surface area contributed by atoms with Crippen molar-refractivity contribution in [3.05, 3.63) is 48.0 Å². The first-order valence-electron chi connectivity index (χ1n) is 8.92. The Morgan fingerprint density at radius 1 is 1.24 bits per heavy atom. The van der Waals surface area contributed by atoms with Gasteiger partial charge < -0.3 is 8.83 Å². The van der Waals surface area contributed by atoms with Gasteiger partial charge in [-0.2, -0.15) is 0 Å². The van der Waals surface area contributed by atoms with E-state index in [2.05, 4.69) is 33.7 Å². The van der Waals surface area contributed by atoms with Gasteiger partial charge in [-0.15, -0.1) is 0 Å². The van der Waals surface area contributed by atoms with Crippen LogP contribution in [0.1, 0.15) is 30.9 Å². The van der Waals surface area contributed by atoms with Crippen LogP contribution in [0.3, 0.4) is 0 Å². The van der Waals surface area contributed by atoms with Crippen molar-refractivity contribution in [2.75, 3.05) is 20.1 Å². The number of aryl methyl sites for hydroxylation is 1. The molecule has 3 heterocycles. The molecule has 132 valence electrons. The van der Waals surface area contributed by atoms with Gasteiger partial charge >= 0.3 is 0 Å². The quantitative estimate of drug-likeness (QED) is 0.687. The highest BCUT2D eigenvalue weighted by Crippen LogP contribution is 2.21. The van der Waals surface area contributed by atoms with Crippen molar-refractivity contribution >= 4 is 11.1 Å². The molecule has 1 aliphatic rings. The smallest absolute Gasteiger partial charge is 0.209 e. The van der Waals surface area contributed by atoms with Gasteiger partial charge in [0.15, 0.2) is 5.58 Å². The number of likely N-dealkylation sites (N-methyl/N-ethyl adjacent to an activating group) is 1. The zero-order valence-electron chi connectivity index (χ0n) is 14.8. The predicted octanol–water partition coefficient (Wildman–Crippen LogP) is 3.08. The molecule has 1 atom stereocenters. The van der Waals surface area contributed by atoms with Crippen LogP contribution in [0, 0.1) is 0 Å². The monoisotopic (exact) mass is 340 g/mol. The number of nitrogens with zero attached hydrogens (tertiary/aromatic N) is 4. The molecule has 2 aromatic heterocycles. The third-order valence-corrected chi connectivity index (χ3v) is 4.90.